The van der Waals surface area contributed by atoms with Gasteiger partial charge < -0.3 is 4.42 Å². The normalized spacial score (nSPS) is 16.1. The van der Waals surface area contributed by atoms with E-state index in [1.807, 2.05) is 42.5 Å². The fraction of sp³-hybridized carbons (Fsp3) is 0.273. The van der Waals surface area contributed by atoms with Crippen molar-refractivity contribution in [3.63, 3.8) is 0 Å². The van der Waals surface area contributed by atoms with E-state index in [1.54, 1.807) is 10.8 Å². The van der Waals surface area contributed by atoms with Gasteiger partial charge in [-0.3, -0.25) is 9.36 Å². The summed E-state index contributed by atoms with van der Waals surface area (Å²) >= 11 is 0. The molecular formula is C22H20N2O2. The lowest BCUT2D eigenvalue weighted by Crippen LogP contribution is -2.30. The van der Waals surface area contributed by atoms with E-state index >= 15 is 0 Å². The lowest BCUT2D eigenvalue weighted by Gasteiger charge is -2.27. The second kappa shape index (κ2) is 6.68. The molecule has 0 spiro atoms. The molecule has 0 bridgehead atoms. The molecule has 1 aliphatic rings. The minimum absolute atomic E-state index is 0.226. The zero-order chi connectivity index (χ0) is 18.1. The molecule has 1 aliphatic carbocycles. The molecule has 0 unspecified atom stereocenters. The maximum atomic E-state index is 13.2. The van der Waals surface area contributed by atoms with Crippen LogP contribution in [0.3, 0.4) is 0 Å². The van der Waals surface area contributed by atoms with Gasteiger partial charge in [-0.2, -0.15) is 5.26 Å². The number of benzene rings is 1. The molecule has 0 radical (unpaired) electrons. The highest BCUT2D eigenvalue weighted by Crippen LogP contribution is 2.34. The van der Waals surface area contributed by atoms with Gasteiger partial charge >= 0.3 is 0 Å². The van der Waals surface area contributed by atoms with E-state index in [1.165, 1.54) is 0 Å². The zero-order valence-corrected chi connectivity index (χ0v) is 14.7. The summed E-state index contributed by atoms with van der Waals surface area (Å²) in [4.78, 5) is 13.2. The summed E-state index contributed by atoms with van der Waals surface area (Å²) in [5.74, 6) is 1.19. The molecule has 0 N–H and O–H groups in total. The molecule has 0 amide bonds. The quantitative estimate of drug-likeness (QED) is 0.717. The van der Waals surface area contributed by atoms with Crippen LogP contribution in [-0.2, 0) is 19.4 Å². The van der Waals surface area contributed by atoms with Gasteiger partial charge in [0.25, 0.3) is 5.56 Å². The van der Waals surface area contributed by atoms with Crippen LogP contribution >= 0.6 is 0 Å². The zero-order valence-electron chi connectivity index (χ0n) is 14.7. The Labute approximate surface area is 152 Å². The first-order valence-electron chi connectivity index (χ1n) is 8.95. The molecule has 0 aliphatic heterocycles. The second-order valence-corrected chi connectivity index (χ2v) is 6.98. The Kier molecular flexibility index (Phi) is 4.22. The maximum Gasteiger partial charge on any atom is 0.269 e. The van der Waals surface area contributed by atoms with E-state index in [2.05, 4.69) is 13.0 Å². The lowest BCUT2D eigenvalue weighted by molar-refractivity contribution is 0.480. The Morgan fingerprint density at radius 1 is 1.19 bits per heavy atom. The predicted molar refractivity (Wildman–Crippen MR) is 99.9 cm³/mol. The number of rotatable bonds is 3. The summed E-state index contributed by atoms with van der Waals surface area (Å²) in [6.45, 7) is 2.51. The van der Waals surface area contributed by atoms with Gasteiger partial charge in [0.2, 0.25) is 0 Å². The van der Waals surface area contributed by atoms with Crippen molar-refractivity contribution in [3.05, 3.63) is 81.5 Å². The summed E-state index contributed by atoms with van der Waals surface area (Å²) in [6.07, 6.45) is 4.34. The Balaban J connectivity index is 2.03. The van der Waals surface area contributed by atoms with Crippen LogP contribution in [0.1, 0.15) is 35.8 Å². The Morgan fingerprint density at radius 3 is 2.69 bits per heavy atom. The van der Waals surface area contributed by atoms with Crippen LogP contribution in [0.4, 0.5) is 0 Å². The average Bonchev–Trinajstić information content (AvgIpc) is 3.17. The Hall–Kier alpha value is -3.06. The number of nitriles is 1. The van der Waals surface area contributed by atoms with Gasteiger partial charge in [0.1, 0.15) is 17.4 Å². The summed E-state index contributed by atoms with van der Waals surface area (Å²) in [5, 5.41) is 9.69. The van der Waals surface area contributed by atoms with Crippen molar-refractivity contribution in [2.45, 2.75) is 32.7 Å². The molecule has 26 heavy (non-hydrogen) atoms. The average molecular weight is 344 g/mol. The standard InChI is InChI=1S/C22H20N2O2/c1-15-9-10-18-19(12-15)20(13-23)22(25)24(14-17-8-5-11-26-17)21(18)16-6-3-2-4-7-16/h2-8,11,15H,9-10,12,14H2,1H3/t15-/m0/s1. The van der Waals surface area contributed by atoms with Gasteiger partial charge in [-0.1, -0.05) is 37.3 Å². The van der Waals surface area contributed by atoms with Crippen molar-refractivity contribution in [3.8, 4) is 17.3 Å². The largest absolute Gasteiger partial charge is 0.467 e. The van der Waals surface area contributed by atoms with Gasteiger partial charge in [0.05, 0.1) is 18.5 Å². The molecule has 1 aromatic carbocycles. The monoisotopic (exact) mass is 344 g/mol. The van der Waals surface area contributed by atoms with Crippen molar-refractivity contribution >= 4 is 0 Å². The van der Waals surface area contributed by atoms with Crippen LogP contribution in [-0.4, -0.2) is 4.57 Å². The Bertz CT molecular complexity index is 1020. The Morgan fingerprint density at radius 2 is 2.00 bits per heavy atom. The van der Waals surface area contributed by atoms with Crippen molar-refractivity contribution in [2.75, 3.05) is 0 Å². The first-order chi connectivity index (χ1) is 12.7. The van der Waals surface area contributed by atoms with Gasteiger partial charge in [0.15, 0.2) is 0 Å². The first kappa shape index (κ1) is 16.4. The van der Waals surface area contributed by atoms with E-state index in [4.69, 9.17) is 4.42 Å². The van der Waals surface area contributed by atoms with Crippen LogP contribution in [0, 0.1) is 17.2 Å². The molecule has 130 valence electrons. The van der Waals surface area contributed by atoms with Crippen molar-refractivity contribution in [2.24, 2.45) is 5.92 Å². The summed E-state index contributed by atoms with van der Waals surface area (Å²) in [6, 6.07) is 15.8. The minimum atomic E-state index is -0.226. The third kappa shape index (κ3) is 2.76. The second-order valence-electron chi connectivity index (χ2n) is 6.98. The van der Waals surface area contributed by atoms with E-state index in [0.717, 1.165) is 41.6 Å². The number of hydrogen-bond acceptors (Lipinski definition) is 3. The number of fused-ring (bicyclic) bond motifs is 1. The summed E-state index contributed by atoms with van der Waals surface area (Å²) in [5.41, 5.74) is 4.07. The predicted octanol–water partition coefficient (Wildman–Crippen LogP) is 4.15. The van der Waals surface area contributed by atoms with Crippen LogP contribution in [0.25, 0.3) is 11.3 Å². The summed E-state index contributed by atoms with van der Waals surface area (Å²) in [7, 11) is 0. The van der Waals surface area contributed by atoms with Crippen LogP contribution < -0.4 is 5.56 Å². The van der Waals surface area contributed by atoms with Crippen molar-refractivity contribution < 1.29 is 4.42 Å². The van der Waals surface area contributed by atoms with Crippen LogP contribution in [0.2, 0.25) is 0 Å². The SMILES string of the molecule is C[C@H]1CCc2c(c(C#N)c(=O)n(Cc3ccco3)c2-c2ccccc2)C1. The maximum absolute atomic E-state index is 13.2. The van der Waals surface area contributed by atoms with E-state index in [-0.39, 0.29) is 11.1 Å². The highest BCUT2D eigenvalue weighted by atomic mass is 16.3. The van der Waals surface area contributed by atoms with Gasteiger partial charge in [-0.25, -0.2) is 0 Å². The molecule has 0 saturated heterocycles. The number of nitrogens with zero attached hydrogens (tertiary/aromatic N) is 2. The third-order valence-corrected chi connectivity index (χ3v) is 5.17. The number of pyridine rings is 1. The minimum Gasteiger partial charge on any atom is -0.467 e. The van der Waals surface area contributed by atoms with E-state index in [0.29, 0.717) is 18.2 Å². The molecule has 0 fully saturated rings. The molecule has 0 saturated carbocycles. The fourth-order valence-electron chi connectivity index (χ4n) is 3.91. The molecule has 2 aromatic heterocycles. The number of aromatic nitrogens is 1. The highest BCUT2D eigenvalue weighted by Gasteiger charge is 2.27. The van der Waals surface area contributed by atoms with Gasteiger partial charge in [-0.05, 0) is 54.0 Å². The lowest BCUT2D eigenvalue weighted by atomic mass is 9.81. The molecular weight excluding hydrogens is 324 g/mol. The van der Waals surface area contributed by atoms with Crippen molar-refractivity contribution in [1.29, 1.82) is 5.26 Å². The van der Waals surface area contributed by atoms with E-state index in [9.17, 15) is 10.1 Å². The fourth-order valence-corrected chi connectivity index (χ4v) is 3.91. The summed E-state index contributed by atoms with van der Waals surface area (Å²) < 4.78 is 7.19. The van der Waals surface area contributed by atoms with Crippen molar-refractivity contribution in [1.82, 2.24) is 4.57 Å². The van der Waals surface area contributed by atoms with Crippen LogP contribution in [0.15, 0.2) is 57.9 Å². The molecule has 4 nitrogen and oxygen atoms in total. The van der Waals surface area contributed by atoms with Gasteiger partial charge in [-0.15, -0.1) is 0 Å². The van der Waals surface area contributed by atoms with Crippen LogP contribution in [0.5, 0.6) is 0 Å². The third-order valence-electron chi connectivity index (χ3n) is 5.17. The molecule has 4 heteroatoms. The molecule has 2 heterocycles. The molecule has 1 atom stereocenters. The first-order valence-corrected chi connectivity index (χ1v) is 8.95. The molecule has 3 aromatic rings. The molecule has 4 rings (SSSR count). The van der Waals surface area contributed by atoms with Gasteiger partial charge in [0, 0.05) is 0 Å². The number of hydrogen-bond donors (Lipinski definition) is 0. The number of furan rings is 1. The van der Waals surface area contributed by atoms with E-state index < -0.39 is 0 Å². The smallest absolute Gasteiger partial charge is 0.269 e. The highest BCUT2D eigenvalue weighted by molar-refractivity contribution is 5.67. The topological polar surface area (TPSA) is 58.9 Å².